The van der Waals surface area contributed by atoms with Crippen LogP contribution in [0.4, 0.5) is 0 Å². The molecule has 1 amide bonds. The maximum Gasteiger partial charge on any atom is 0.326 e. The van der Waals surface area contributed by atoms with E-state index in [0.29, 0.717) is 64.5 Å². The van der Waals surface area contributed by atoms with Crippen molar-refractivity contribution in [2.75, 3.05) is 52.7 Å². The minimum absolute atomic E-state index is 0.00448. The number of nitrogens with one attached hydrogen (secondary N) is 1. The van der Waals surface area contributed by atoms with E-state index in [-0.39, 0.29) is 42.7 Å². The predicted octanol–water partition coefficient (Wildman–Crippen LogP) is 5.16. The van der Waals surface area contributed by atoms with Gasteiger partial charge in [-0.2, -0.15) is 0 Å². The van der Waals surface area contributed by atoms with Crippen molar-refractivity contribution in [1.82, 2.24) is 14.5 Å². The van der Waals surface area contributed by atoms with E-state index in [1.54, 1.807) is 0 Å². The molecule has 3 aromatic carbocycles. The van der Waals surface area contributed by atoms with Gasteiger partial charge >= 0.3 is 5.69 Å². The summed E-state index contributed by atoms with van der Waals surface area (Å²) in [6.45, 7) is 5.01. The molecule has 0 bridgehead atoms. The fourth-order valence-corrected chi connectivity index (χ4v) is 7.81. The number of hydrogen-bond acceptors (Lipinski definition) is 7. The van der Waals surface area contributed by atoms with Gasteiger partial charge in [0.05, 0.1) is 37.5 Å². The number of fused-ring (bicyclic) bond motifs is 4. The topological polar surface area (TPSA) is 115 Å². The number of allylic oxidation sites excluding steroid dienone is 1. The van der Waals surface area contributed by atoms with E-state index in [4.69, 9.17) is 24.1 Å². The smallest absolute Gasteiger partial charge is 0.326 e. The van der Waals surface area contributed by atoms with Crippen LogP contribution in [0, 0.1) is 5.92 Å². The number of aliphatic hydroxyl groups excluding tert-OH is 1. The van der Waals surface area contributed by atoms with E-state index in [1.165, 1.54) is 27.8 Å². The number of para-hydroxylation sites is 2. The normalized spacial score (nSPS) is 20.6. The molecule has 49 heavy (non-hydrogen) atoms. The number of aromatic amines is 1. The summed E-state index contributed by atoms with van der Waals surface area (Å²) in [5.41, 5.74) is 7.86. The van der Waals surface area contributed by atoms with Crippen molar-refractivity contribution in [2.24, 2.45) is 5.92 Å². The van der Waals surface area contributed by atoms with Gasteiger partial charge in [-0.3, -0.25) is 9.36 Å². The maximum atomic E-state index is 14.2. The molecule has 7 rings (SSSR count). The highest BCUT2D eigenvalue weighted by molar-refractivity contribution is 5.92. The lowest BCUT2D eigenvalue weighted by atomic mass is 9.78. The number of aromatic nitrogens is 2. The van der Waals surface area contributed by atoms with Crippen LogP contribution in [0.3, 0.4) is 0 Å². The summed E-state index contributed by atoms with van der Waals surface area (Å²) in [7, 11) is 0. The number of nitrogens with zero attached hydrogens (tertiary/aromatic N) is 2. The molecule has 1 aromatic heterocycles. The number of carbonyl (C=O) groups excluding carboxylic acids is 1. The molecule has 4 aromatic rings. The summed E-state index contributed by atoms with van der Waals surface area (Å²) in [4.78, 5) is 31.9. The Hall–Kier alpha value is -4.22. The molecule has 1 saturated heterocycles. The fourth-order valence-electron chi connectivity index (χ4n) is 7.81. The second-order valence-corrected chi connectivity index (χ2v) is 12.9. The molecule has 0 spiro atoms. The lowest BCUT2D eigenvalue weighted by Crippen LogP contribution is -2.44. The lowest BCUT2D eigenvalue weighted by molar-refractivity contribution is -0.172. The first-order valence-corrected chi connectivity index (χ1v) is 17.5. The Morgan fingerprint density at radius 3 is 2.51 bits per heavy atom. The van der Waals surface area contributed by atoms with Gasteiger partial charge in [-0.05, 0) is 78.6 Å². The average molecular weight is 668 g/mol. The number of likely N-dealkylation sites (tertiary alicyclic amines) is 1. The van der Waals surface area contributed by atoms with Crippen molar-refractivity contribution in [1.29, 1.82) is 0 Å². The number of piperidine rings is 1. The highest BCUT2D eigenvalue weighted by Crippen LogP contribution is 2.46. The SMILES string of the molecule is CCOC1OC(C(=O)N2CCC(n3c(=O)[nH]c4ccccc43)CC2)=CC(c2cccc3c2Cc2ccccc2-3)C1CCOCCOCCO. The summed E-state index contributed by atoms with van der Waals surface area (Å²) in [6, 6.07) is 22.8. The van der Waals surface area contributed by atoms with Crippen molar-refractivity contribution >= 4 is 16.9 Å². The van der Waals surface area contributed by atoms with E-state index < -0.39 is 6.29 Å². The molecule has 3 heterocycles. The quantitative estimate of drug-likeness (QED) is 0.167. The molecule has 10 nitrogen and oxygen atoms in total. The average Bonchev–Trinajstić information content (AvgIpc) is 3.68. The molecule has 3 aliphatic rings. The van der Waals surface area contributed by atoms with E-state index in [0.717, 1.165) is 17.5 Å². The third-order valence-electron chi connectivity index (χ3n) is 10.1. The van der Waals surface area contributed by atoms with Gasteiger partial charge in [0.25, 0.3) is 5.91 Å². The van der Waals surface area contributed by atoms with Crippen molar-refractivity contribution in [3.8, 4) is 11.1 Å². The second-order valence-electron chi connectivity index (χ2n) is 12.9. The van der Waals surface area contributed by atoms with Crippen LogP contribution in [0.25, 0.3) is 22.2 Å². The summed E-state index contributed by atoms with van der Waals surface area (Å²) in [5.74, 6) is -0.0606. The number of carbonyl (C=O) groups is 1. The summed E-state index contributed by atoms with van der Waals surface area (Å²) in [5, 5.41) is 8.98. The number of ether oxygens (including phenoxy) is 4. The van der Waals surface area contributed by atoms with Gasteiger partial charge in [-0.25, -0.2) is 4.79 Å². The highest BCUT2D eigenvalue weighted by Gasteiger charge is 2.41. The predicted molar refractivity (Wildman–Crippen MR) is 186 cm³/mol. The number of aliphatic hydroxyl groups is 1. The summed E-state index contributed by atoms with van der Waals surface area (Å²) < 4.78 is 25.8. The van der Waals surface area contributed by atoms with Crippen molar-refractivity contribution in [3.05, 3.63) is 106 Å². The molecular formula is C39H45N3O7. The van der Waals surface area contributed by atoms with E-state index in [9.17, 15) is 9.59 Å². The van der Waals surface area contributed by atoms with E-state index >= 15 is 0 Å². The number of amides is 1. The zero-order valence-electron chi connectivity index (χ0n) is 28.0. The molecular weight excluding hydrogens is 622 g/mol. The lowest BCUT2D eigenvalue weighted by Gasteiger charge is -2.39. The summed E-state index contributed by atoms with van der Waals surface area (Å²) in [6.07, 6.45) is 4.23. The number of hydrogen-bond donors (Lipinski definition) is 2. The number of benzene rings is 3. The molecule has 3 atom stereocenters. The van der Waals surface area contributed by atoms with Gasteiger partial charge in [0.1, 0.15) is 0 Å². The van der Waals surface area contributed by atoms with Crippen LogP contribution >= 0.6 is 0 Å². The van der Waals surface area contributed by atoms with Gasteiger partial charge < -0.3 is 33.9 Å². The third-order valence-corrected chi connectivity index (χ3v) is 10.1. The molecule has 3 unspecified atom stereocenters. The van der Waals surface area contributed by atoms with Crippen LogP contribution in [0.15, 0.2) is 83.4 Å². The largest absolute Gasteiger partial charge is 0.459 e. The minimum Gasteiger partial charge on any atom is -0.459 e. The Bertz CT molecular complexity index is 1850. The zero-order valence-corrected chi connectivity index (χ0v) is 28.0. The third kappa shape index (κ3) is 6.83. The first-order valence-electron chi connectivity index (χ1n) is 17.5. The van der Waals surface area contributed by atoms with Crippen molar-refractivity contribution < 1.29 is 28.8 Å². The number of imidazole rings is 1. The Morgan fingerprint density at radius 2 is 1.69 bits per heavy atom. The van der Waals surface area contributed by atoms with Crippen LogP contribution in [0.5, 0.6) is 0 Å². The van der Waals surface area contributed by atoms with Gasteiger partial charge in [0.2, 0.25) is 6.29 Å². The van der Waals surface area contributed by atoms with Crippen LogP contribution < -0.4 is 5.69 Å². The monoisotopic (exact) mass is 667 g/mol. The van der Waals surface area contributed by atoms with Crippen molar-refractivity contribution in [3.63, 3.8) is 0 Å². The Morgan fingerprint density at radius 1 is 0.939 bits per heavy atom. The van der Waals surface area contributed by atoms with Crippen LogP contribution in [0.1, 0.15) is 54.8 Å². The van der Waals surface area contributed by atoms with Gasteiger partial charge in [-0.1, -0.05) is 54.6 Å². The van der Waals surface area contributed by atoms with Gasteiger partial charge in [0.15, 0.2) is 5.76 Å². The number of rotatable bonds is 13. The standard InChI is InChI=1S/C39H45N3O7/c1-2-48-38-31(16-20-46-22-23-47-21-19-43)33(30-11-7-10-29-28-9-4-3-8-26(28)24-32(29)30)25-36(49-38)37(44)41-17-14-27(15-18-41)42-35-13-6-5-12-34(35)40-39(42)45/h3-13,25,27,31,33,38,43H,2,14-24H2,1H3,(H,40,45). The fraction of sp³-hybridized carbons (Fsp3) is 0.436. The molecule has 2 N–H and O–H groups in total. The molecule has 1 fully saturated rings. The highest BCUT2D eigenvalue weighted by atomic mass is 16.7. The Labute approximate surface area is 286 Å². The first-order chi connectivity index (χ1) is 24.1. The van der Waals surface area contributed by atoms with Crippen LogP contribution in [-0.2, 0) is 30.2 Å². The molecule has 1 aliphatic carbocycles. The van der Waals surface area contributed by atoms with E-state index in [2.05, 4.69) is 47.4 Å². The zero-order chi connectivity index (χ0) is 33.7. The molecule has 10 heteroatoms. The molecule has 0 saturated carbocycles. The second kappa shape index (κ2) is 15.1. The molecule has 258 valence electrons. The first kappa shape index (κ1) is 33.3. The minimum atomic E-state index is -0.629. The Balaban J connectivity index is 1.14. The van der Waals surface area contributed by atoms with Gasteiger partial charge in [-0.15, -0.1) is 0 Å². The molecule has 0 radical (unpaired) electrons. The maximum absolute atomic E-state index is 14.2. The number of H-pyrrole nitrogens is 1. The summed E-state index contributed by atoms with van der Waals surface area (Å²) >= 11 is 0. The molecule has 2 aliphatic heterocycles. The van der Waals surface area contributed by atoms with Gasteiger partial charge in [0, 0.05) is 44.2 Å². The van der Waals surface area contributed by atoms with Crippen LogP contribution in [-0.4, -0.2) is 84.5 Å². The van der Waals surface area contributed by atoms with E-state index in [1.807, 2.05) is 46.7 Å². The van der Waals surface area contributed by atoms with Crippen molar-refractivity contribution in [2.45, 2.75) is 50.9 Å². The van der Waals surface area contributed by atoms with Crippen LogP contribution in [0.2, 0.25) is 0 Å². The Kier molecular flexibility index (Phi) is 10.3.